The van der Waals surface area contributed by atoms with Crippen molar-refractivity contribution in [2.45, 2.75) is 10.2 Å². The molecule has 0 bridgehead atoms. The molecule has 1 N–H and O–H groups in total. The molecule has 0 radical (unpaired) electrons. The summed E-state index contributed by atoms with van der Waals surface area (Å²) in [5.41, 5.74) is 0.335. The Balaban J connectivity index is 2.22. The molecule has 0 aliphatic heterocycles. The van der Waals surface area contributed by atoms with Gasteiger partial charge in [-0.3, -0.25) is 5.10 Å². The number of H-pyrrole nitrogens is 1. The van der Waals surface area contributed by atoms with Crippen LogP contribution in [-0.4, -0.2) is 25.1 Å². The molecular weight excluding hydrogens is 200 g/mol. The lowest BCUT2D eigenvalue weighted by Crippen LogP contribution is -1.87. The average Bonchev–Trinajstić information content (AvgIpc) is 2.71. The van der Waals surface area contributed by atoms with Gasteiger partial charge in [-0.1, -0.05) is 0 Å². The van der Waals surface area contributed by atoms with E-state index in [4.69, 9.17) is 5.26 Å². The summed E-state index contributed by atoms with van der Waals surface area (Å²) in [5.74, 6) is 0. The highest BCUT2D eigenvalue weighted by atomic mass is 32.2. The Morgan fingerprint density at radius 3 is 2.93 bits per heavy atom. The van der Waals surface area contributed by atoms with Gasteiger partial charge in [0.15, 0.2) is 5.16 Å². The van der Waals surface area contributed by atoms with Crippen molar-refractivity contribution in [1.29, 1.82) is 5.26 Å². The fourth-order valence-corrected chi connectivity index (χ4v) is 1.47. The fourth-order valence-electron chi connectivity index (χ4n) is 0.799. The van der Waals surface area contributed by atoms with Gasteiger partial charge in [0, 0.05) is 6.07 Å². The molecule has 68 valence electrons. The van der Waals surface area contributed by atoms with Crippen molar-refractivity contribution >= 4 is 11.8 Å². The standard InChI is InChI=1S/C7H4N6S/c8-2-5-1-6(10-3-9-5)14-7-11-4-12-13-7/h1,3-4H,(H,11,12,13). The second-order valence-electron chi connectivity index (χ2n) is 2.25. The average molecular weight is 204 g/mol. The lowest BCUT2D eigenvalue weighted by atomic mass is 10.4. The quantitative estimate of drug-likeness (QED) is 0.721. The largest absolute Gasteiger partial charge is 0.254 e. The van der Waals surface area contributed by atoms with E-state index >= 15 is 0 Å². The Kier molecular flexibility index (Phi) is 2.38. The van der Waals surface area contributed by atoms with Gasteiger partial charge >= 0.3 is 0 Å². The highest BCUT2D eigenvalue weighted by molar-refractivity contribution is 7.99. The molecule has 0 aliphatic rings. The second-order valence-corrected chi connectivity index (χ2v) is 3.26. The normalized spacial score (nSPS) is 9.64. The zero-order valence-corrected chi connectivity index (χ0v) is 7.69. The highest BCUT2D eigenvalue weighted by Gasteiger charge is 2.02. The van der Waals surface area contributed by atoms with Crippen LogP contribution in [0, 0.1) is 11.3 Å². The van der Waals surface area contributed by atoms with Gasteiger partial charge in [0.25, 0.3) is 0 Å². The van der Waals surface area contributed by atoms with Crippen LogP contribution in [0.25, 0.3) is 0 Å². The molecule has 0 spiro atoms. The SMILES string of the molecule is N#Cc1cc(Sc2ncn[nH]2)ncn1. The molecule has 0 saturated carbocycles. The van der Waals surface area contributed by atoms with E-state index < -0.39 is 0 Å². The number of aromatic nitrogens is 5. The van der Waals surface area contributed by atoms with Crippen molar-refractivity contribution < 1.29 is 0 Å². The van der Waals surface area contributed by atoms with Crippen LogP contribution in [0.1, 0.15) is 5.69 Å². The van der Waals surface area contributed by atoms with Gasteiger partial charge in [0.1, 0.15) is 29.4 Å². The number of nitrogens with zero attached hydrogens (tertiary/aromatic N) is 5. The summed E-state index contributed by atoms with van der Waals surface area (Å²) in [6, 6.07) is 3.53. The van der Waals surface area contributed by atoms with E-state index in [2.05, 4.69) is 25.1 Å². The number of hydrogen-bond acceptors (Lipinski definition) is 6. The third kappa shape index (κ3) is 1.86. The van der Waals surface area contributed by atoms with Gasteiger partial charge in [-0.25, -0.2) is 15.0 Å². The number of hydrogen-bond donors (Lipinski definition) is 1. The molecule has 14 heavy (non-hydrogen) atoms. The predicted molar refractivity (Wildman–Crippen MR) is 47.3 cm³/mol. The summed E-state index contributed by atoms with van der Waals surface area (Å²) in [6.45, 7) is 0. The van der Waals surface area contributed by atoms with Gasteiger partial charge in [-0.05, 0) is 11.8 Å². The lowest BCUT2D eigenvalue weighted by Gasteiger charge is -1.94. The van der Waals surface area contributed by atoms with Gasteiger partial charge in [-0.2, -0.15) is 10.4 Å². The van der Waals surface area contributed by atoms with Gasteiger partial charge < -0.3 is 0 Å². The highest BCUT2D eigenvalue weighted by Crippen LogP contribution is 2.20. The predicted octanol–water partition coefficient (Wildman–Crippen LogP) is 0.618. The van der Waals surface area contributed by atoms with E-state index in [9.17, 15) is 0 Å². The minimum Gasteiger partial charge on any atom is -0.254 e. The van der Waals surface area contributed by atoms with Crippen molar-refractivity contribution in [2.24, 2.45) is 0 Å². The molecule has 0 aromatic carbocycles. The van der Waals surface area contributed by atoms with E-state index in [1.807, 2.05) is 6.07 Å². The Hall–Kier alpha value is -1.94. The first-order valence-electron chi connectivity index (χ1n) is 3.64. The maximum absolute atomic E-state index is 8.60. The molecule has 2 rings (SSSR count). The van der Waals surface area contributed by atoms with Gasteiger partial charge in [-0.15, -0.1) is 0 Å². The Morgan fingerprint density at radius 1 is 1.29 bits per heavy atom. The smallest absolute Gasteiger partial charge is 0.189 e. The number of rotatable bonds is 2. The summed E-state index contributed by atoms with van der Waals surface area (Å²) in [4.78, 5) is 11.7. The minimum absolute atomic E-state index is 0.335. The van der Waals surface area contributed by atoms with Crippen molar-refractivity contribution in [3.63, 3.8) is 0 Å². The summed E-state index contributed by atoms with van der Waals surface area (Å²) in [7, 11) is 0. The van der Waals surface area contributed by atoms with Crippen LogP contribution in [0.15, 0.2) is 28.9 Å². The molecule has 7 heteroatoms. The zero-order chi connectivity index (χ0) is 9.80. The van der Waals surface area contributed by atoms with Crippen LogP contribution >= 0.6 is 11.8 Å². The molecule has 0 amide bonds. The molecule has 2 aromatic heterocycles. The minimum atomic E-state index is 0.335. The molecule has 0 saturated heterocycles. The third-order valence-electron chi connectivity index (χ3n) is 1.35. The molecule has 0 atom stereocenters. The fraction of sp³-hybridized carbons (Fsp3) is 0. The van der Waals surface area contributed by atoms with Crippen molar-refractivity contribution in [3.8, 4) is 6.07 Å². The molecule has 2 heterocycles. The second kappa shape index (κ2) is 3.85. The maximum atomic E-state index is 8.60. The summed E-state index contributed by atoms with van der Waals surface area (Å²) < 4.78 is 0. The van der Waals surface area contributed by atoms with Crippen LogP contribution in [-0.2, 0) is 0 Å². The Bertz CT molecular complexity index is 459. The Morgan fingerprint density at radius 2 is 2.21 bits per heavy atom. The van der Waals surface area contributed by atoms with Crippen molar-refractivity contribution in [3.05, 3.63) is 24.4 Å². The number of nitriles is 1. The monoisotopic (exact) mass is 204 g/mol. The number of aromatic amines is 1. The third-order valence-corrected chi connectivity index (χ3v) is 2.17. The molecular formula is C7H4N6S. The van der Waals surface area contributed by atoms with Gasteiger partial charge in [0.05, 0.1) is 0 Å². The van der Waals surface area contributed by atoms with E-state index in [1.54, 1.807) is 6.07 Å². The first-order chi connectivity index (χ1) is 6.88. The van der Waals surface area contributed by atoms with E-state index in [1.165, 1.54) is 24.4 Å². The van der Waals surface area contributed by atoms with E-state index in [0.717, 1.165) is 0 Å². The maximum Gasteiger partial charge on any atom is 0.189 e. The molecule has 6 nitrogen and oxygen atoms in total. The van der Waals surface area contributed by atoms with Crippen LogP contribution in [0.5, 0.6) is 0 Å². The van der Waals surface area contributed by atoms with Crippen molar-refractivity contribution in [2.75, 3.05) is 0 Å². The molecule has 0 aliphatic carbocycles. The van der Waals surface area contributed by atoms with Crippen LogP contribution in [0.3, 0.4) is 0 Å². The van der Waals surface area contributed by atoms with E-state index in [0.29, 0.717) is 15.9 Å². The van der Waals surface area contributed by atoms with Crippen LogP contribution in [0.2, 0.25) is 0 Å². The zero-order valence-electron chi connectivity index (χ0n) is 6.88. The molecule has 2 aromatic rings. The summed E-state index contributed by atoms with van der Waals surface area (Å²) in [5, 5.41) is 16.3. The lowest BCUT2D eigenvalue weighted by molar-refractivity contribution is 0.960. The summed E-state index contributed by atoms with van der Waals surface area (Å²) in [6.07, 6.45) is 2.76. The Labute approximate surface area is 83.4 Å². The summed E-state index contributed by atoms with van der Waals surface area (Å²) >= 11 is 1.29. The van der Waals surface area contributed by atoms with Gasteiger partial charge in [0.2, 0.25) is 0 Å². The van der Waals surface area contributed by atoms with Crippen LogP contribution < -0.4 is 0 Å². The molecule has 0 unspecified atom stereocenters. The molecule has 0 fully saturated rings. The first-order valence-corrected chi connectivity index (χ1v) is 4.45. The van der Waals surface area contributed by atoms with Crippen LogP contribution in [0.4, 0.5) is 0 Å². The first kappa shape index (κ1) is 8.65. The number of nitrogens with one attached hydrogen (secondary N) is 1. The van der Waals surface area contributed by atoms with Crippen molar-refractivity contribution in [1.82, 2.24) is 25.1 Å². The topological polar surface area (TPSA) is 91.1 Å². The van der Waals surface area contributed by atoms with E-state index in [-0.39, 0.29) is 0 Å².